The smallest absolute Gasteiger partial charge is 0.429 e. The Bertz CT molecular complexity index is 1320. The number of ether oxygens (including phenoxy) is 4. The van der Waals surface area contributed by atoms with Crippen molar-refractivity contribution in [2.45, 2.75) is 78.0 Å². The molecule has 2 aromatic rings. The highest BCUT2D eigenvalue weighted by Crippen LogP contribution is 2.37. The molecule has 3 amide bonds. The quantitative estimate of drug-likeness (QED) is 0.295. The van der Waals surface area contributed by atoms with E-state index in [0.29, 0.717) is 31.5 Å². The molecule has 1 aromatic heterocycles. The van der Waals surface area contributed by atoms with Crippen molar-refractivity contribution in [2.24, 2.45) is 0 Å². The zero-order valence-corrected chi connectivity index (χ0v) is 25.7. The summed E-state index contributed by atoms with van der Waals surface area (Å²) in [7, 11) is 2.86. The van der Waals surface area contributed by atoms with Gasteiger partial charge in [0.05, 0.1) is 18.4 Å². The monoisotopic (exact) mass is 603 g/mol. The van der Waals surface area contributed by atoms with E-state index in [1.54, 1.807) is 38.4 Å². The molecule has 14 heteroatoms. The van der Waals surface area contributed by atoms with Gasteiger partial charge in [-0.2, -0.15) is 5.10 Å². The van der Waals surface area contributed by atoms with E-state index in [9.17, 15) is 24.3 Å². The number of aromatic nitrogens is 2. The number of hydrogen-bond donors (Lipinski definition) is 2. The Labute approximate surface area is 250 Å². The maximum absolute atomic E-state index is 12.8. The summed E-state index contributed by atoms with van der Waals surface area (Å²) < 4.78 is 23.3. The van der Waals surface area contributed by atoms with Crippen LogP contribution < -0.4 is 14.8 Å². The van der Waals surface area contributed by atoms with Gasteiger partial charge in [-0.1, -0.05) is 0 Å². The second-order valence-electron chi connectivity index (χ2n) is 11.0. The number of amides is 3. The van der Waals surface area contributed by atoms with Crippen molar-refractivity contribution in [3.05, 3.63) is 29.5 Å². The number of hydrogen-bond acceptors (Lipinski definition) is 10. The lowest BCUT2D eigenvalue weighted by atomic mass is 10.0. The Morgan fingerprint density at radius 2 is 1.88 bits per heavy atom. The van der Waals surface area contributed by atoms with E-state index in [2.05, 4.69) is 10.4 Å². The van der Waals surface area contributed by atoms with Crippen LogP contribution in [0.2, 0.25) is 0 Å². The number of phenolic OH excluding ortho intramolecular Hbond substituents is 1. The third kappa shape index (κ3) is 8.52. The number of carbonyl (C=O) groups excluding carboxylic acids is 4. The Kier molecular flexibility index (Phi) is 10.8. The number of anilines is 1. The zero-order chi connectivity index (χ0) is 31.9. The Hall–Kier alpha value is -4.49. The predicted octanol–water partition coefficient (Wildman–Crippen LogP) is 4.32. The summed E-state index contributed by atoms with van der Waals surface area (Å²) in [5, 5.41) is 19.7. The van der Waals surface area contributed by atoms with Crippen LogP contribution in [-0.4, -0.2) is 88.3 Å². The van der Waals surface area contributed by atoms with Crippen molar-refractivity contribution in [1.82, 2.24) is 19.8 Å². The minimum Gasteiger partial charge on any atom is -0.507 e. The maximum Gasteiger partial charge on any atom is 0.429 e. The molecular weight excluding hydrogens is 562 g/mol. The van der Waals surface area contributed by atoms with Gasteiger partial charge in [-0.3, -0.25) is 9.59 Å². The molecule has 14 nitrogen and oxygen atoms in total. The first-order valence-electron chi connectivity index (χ1n) is 14.1. The Morgan fingerprint density at radius 3 is 2.49 bits per heavy atom. The Balaban J connectivity index is 1.59. The molecule has 2 N–H and O–H groups in total. The molecule has 1 unspecified atom stereocenters. The minimum atomic E-state index is -0.707. The third-order valence-electron chi connectivity index (χ3n) is 6.77. The molecule has 0 saturated heterocycles. The van der Waals surface area contributed by atoms with Gasteiger partial charge >= 0.3 is 12.2 Å². The van der Waals surface area contributed by atoms with Gasteiger partial charge in [-0.25, -0.2) is 24.3 Å². The van der Waals surface area contributed by atoms with Crippen molar-refractivity contribution in [1.29, 1.82) is 0 Å². The first-order chi connectivity index (χ1) is 20.3. The van der Waals surface area contributed by atoms with Gasteiger partial charge in [0, 0.05) is 44.3 Å². The van der Waals surface area contributed by atoms with E-state index in [1.165, 1.54) is 31.3 Å². The van der Waals surface area contributed by atoms with Crippen molar-refractivity contribution >= 4 is 30.2 Å². The fourth-order valence-corrected chi connectivity index (χ4v) is 4.65. The molecule has 0 spiro atoms. The number of rotatable bonds is 10. The molecule has 1 aromatic carbocycles. The first kappa shape index (κ1) is 33.0. The van der Waals surface area contributed by atoms with Gasteiger partial charge in [-0.05, 0) is 53.9 Å². The van der Waals surface area contributed by atoms with E-state index < -0.39 is 30.3 Å². The topological polar surface area (TPSA) is 162 Å². The molecule has 1 aliphatic rings. The molecule has 0 aliphatic heterocycles. The number of carbonyl (C=O) groups is 4. The van der Waals surface area contributed by atoms with E-state index in [-0.39, 0.29) is 41.4 Å². The summed E-state index contributed by atoms with van der Waals surface area (Å²) >= 11 is 0. The normalized spacial score (nSPS) is 16.3. The number of aryl methyl sites for hydroxylation is 1. The van der Waals surface area contributed by atoms with Crippen LogP contribution in [0.4, 0.5) is 15.4 Å². The SMILES string of the molecule is CCN(C(=O)OC(C)(C)C)N(C)C(=O)OC1CC[C@H](c2cc(NC(=O)COc3cc(OC)cc(O)c3C=O)n(CC)n2)C1. The summed E-state index contributed by atoms with van der Waals surface area (Å²) in [5.74, 6) is -0.0808. The van der Waals surface area contributed by atoms with Crippen LogP contribution in [0.3, 0.4) is 0 Å². The van der Waals surface area contributed by atoms with E-state index in [0.717, 1.165) is 17.1 Å². The number of benzene rings is 1. The number of phenols is 1. The van der Waals surface area contributed by atoms with E-state index in [4.69, 9.17) is 18.9 Å². The van der Waals surface area contributed by atoms with Crippen LogP contribution in [0, 0.1) is 0 Å². The van der Waals surface area contributed by atoms with Crippen molar-refractivity contribution in [2.75, 3.05) is 32.6 Å². The van der Waals surface area contributed by atoms with Gasteiger partial charge in [-0.15, -0.1) is 0 Å². The van der Waals surface area contributed by atoms with Gasteiger partial charge in [0.2, 0.25) is 0 Å². The van der Waals surface area contributed by atoms with Crippen LogP contribution in [0.5, 0.6) is 17.2 Å². The number of nitrogens with one attached hydrogen (secondary N) is 1. The molecule has 3 rings (SSSR count). The fourth-order valence-electron chi connectivity index (χ4n) is 4.65. The van der Waals surface area contributed by atoms with Crippen molar-refractivity contribution < 1.29 is 43.2 Å². The van der Waals surface area contributed by atoms with Crippen molar-refractivity contribution in [3.63, 3.8) is 0 Å². The van der Waals surface area contributed by atoms with Crippen LogP contribution in [-0.2, 0) is 20.8 Å². The molecule has 236 valence electrons. The van der Waals surface area contributed by atoms with Crippen LogP contribution >= 0.6 is 0 Å². The standard InChI is InChI=1S/C29H41N5O9/c1-8-33-25(30-26(37)17-41-24-14-20(40-7)13-23(36)21(24)16-35)15-22(31-33)18-10-11-19(12-18)42-27(38)32(6)34(9-2)28(39)43-29(3,4)5/h13-16,18-19,36H,8-12,17H2,1-7H3,(H,30,37)/t18-,19?/m0/s1. The van der Waals surface area contributed by atoms with E-state index in [1.807, 2.05) is 6.92 Å². The van der Waals surface area contributed by atoms with Crippen LogP contribution in [0.1, 0.15) is 75.9 Å². The number of methoxy groups -OCH3 is 1. The summed E-state index contributed by atoms with van der Waals surface area (Å²) in [4.78, 5) is 49.4. The lowest BCUT2D eigenvalue weighted by Crippen LogP contribution is -2.49. The highest BCUT2D eigenvalue weighted by Gasteiger charge is 2.34. The number of hydrazine groups is 1. The number of nitrogens with zero attached hydrogens (tertiary/aromatic N) is 4. The number of aromatic hydroxyl groups is 1. The summed E-state index contributed by atoms with van der Waals surface area (Å²) in [6.07, 6.45) is 0.623. The van der Waals surface area contributed by atoms with E-state index >= 15 is 0 Å². The van der Waals surface area contributed by atoms with Crippen molar-refractivity contribution in [3.8, 4) is 17.2 Å². The summed E-state index contributed by atoms with van der Waals surface area (Å²) in [5.41, 5.74) is -0.0552. The van der Waals surface area contributed by atoms with Crippen LogP contribution in [0.25, 0.3) is 0 Å². The number of aldehydes is 1. The maximum atomic E-state index is 12.8. The third-order valence-corrected chi connectivity index (χ3v) is 6.77. The first-order valence-corrected chi connectivity index (χ1v) is 14.1. The second-order valence-corrected chi connectivity index (χ2v) is 11.0. The zero-order valence-electron chi connectivity index (χ0n) is 25.7. The van der Waals surface area contributed by atoms with Gasteiger partial charge < -0.3 is 29.4 Å². The average molecular weight is 604 g/mol. The van der Waals surface area contributed by atoms with Gasteiger partial charge in [0.1, 0.15) is 34.8 Å². The molecule has 1 saturated carbocycles. The van der Waals surface area contributed by atoms with Crippen LogP contribution in [0.15, 0.2) is 18.2 Å². The summed E-state index contributed by atoms with van der Waals surface area (Å²) in [6.45, 7) is 9.16. The largest absolute Gasteiger partial charge is 0.507 e. The predicted molar refractivity (Wildman–Crippen MR) is 155 cm³/mol. The highest BCUT2D eigenvalue weighted by molar-refractivity contribution is 5.91. The molecule has 43 heavy (non-hydrogen) atoms. The van der Waals surface area contributed by atoms with Gasteiger partial charge in [0.25, 0.3) is 5.91 Å². The summed E-state index contributed by atoms with van der Waals surface area (Å²) in [6, 6.07) is 4.45. The van der Waals surface area contributed by atoms with Gasteiger partial charge in [0.15, 0.2) is 12.9 Å². The molecule has 1 fully saturated rings. The lowest BCUT2D eigenvalue weighted by molar-refractivity contribution is -0.118. The molecule has 0 radical (unpaired) electrons. The lowest BCUT2D eigenvalue weighted by Gasteiger charge is -2.32. The highest BCUT2D eigenvalue weighted by atomic mass is 16.6. The molecule has 1 aliphatic carbocycles. The molecule has 0 bridgehead atoms. The Morgan fingerprint density at radius 1 is 1.16 bits per heavy atom. The molecule has 1 heterocycles. The average Bonchev–Trinajstić information content (AvgIpc) is 3.57. The molecule has 2 atom stereocenters. The second kappa shape index (κ2) is 14.1. The minimum absolute atomic E-state index is 0.00847. The fraction of sp³-hybridized carbons (Fsp3) is 0.552. The molecular formula is C29H41N5O9.